The molecule has 26 heavy (non-hydrogen) atoms. The van der Waals surface area contributed by atoms with Crippen LogP contribution in [0.4, 0.5) is 0 Å². The average molecular weight is 347 g/mol. The van der Waals surface area contributed by atoms with Gasteiger partial charge in [-0.25, -0.2) is 9.97 Å². The molecule has 1 aromatic carbocycles. The zero-order chi connectivity index (χ0) is 18.3. The second kappa shape index (κ2) is 6.11. The van der Waals surface area contributed by atoms with E-state index < -0.39 is 11.5 Å². The number of hydrogen-bond acceptors (Lipinski definition) is 4. The molecule has 0 fully saturated rings. The molecule has 4 aromatic rings. The summed E-state index contributed by atoms with van der Waals surface area (Å²) in [5, 5.41) is 2.73. The fourth-order valence-corrected chi connectivity index (χ4v) is 2.97. The number of amides is 1. The van der Waals surface area contributed by atoms with Crippen LogP contribution in [0.25, 0.3) is 16.7 Å². The van der Waals surface area contributed by atoms with Gasteiger partial charge in [0.1, 0.15) is 17.0 Å². The molecular formula is C19H17N5O2. The van der Waals surface area contributed by atoms with Gasteiger partial charge in [0.15, 0.2) is 0 Å². The molecule has 4 rings (SSSR count). The standard InChI is InChI=1S/C19H17N5O2/c1-11-5-3-7-14-16(11)23-15(22-14)10-21-18(25)13-9-20-17-12(2)6-4-8-24(17)19(13)26/h3-9H,10H2,1-2H3,(H,21,25)(H,22,23). The number of carbonyl (C=O) groups is 1. The van der Waals surface area contributed by atoms with Crippen LogP contribution in [0, 0.1) is 13.8 Å². The van der Waals surface area contributed by atoms with Gasteiger partial charge in [0, 0.05) is 12.4 Å². The summed E-state index contributed by atoms with van der Waals surface area (Å²) in [5.41, 5.74) is 3.87. The van der Waals surface area contributed by atoms with Crippen LogP contribution in [0.5, 0.6) is 0 Å². The number of aromatic amines is 1. The molecule has 0 aliphatic heterocycles. The third kappa shape index (κ3) is 2.63. The second-order valence-electron chi connectivity index (χ2n) is 6.20. The smallest absolute Gasteiger partial charge is 0.270 e. The van der Waals surface area contributed by atoms with Crippen molar-refractivity contribution in [3.05, 3.63) is 75.6 Å². The van der Waals surface area contributed by atoms with Gasteiger partial charge in [0.05, 0.1) is 17.6 Å². The lowest BCUT2D eigenvalue weighted by atomic mass is 10.2. The van der Waals surface area contributed by atoms with E-state index in [9.17, 15) is 9.59 Å². The summed E-state index contributed by atoms with van der Waals surface area (Å²) >= 11 is 0. The van der Waals surface area contributed by atoms with Crippen molar-refractivity contribution in [2.24, 2.45) is 0 Å². The van der Waals surface area contributed by atoms with E-state index in [1.165, 1.54) is 10.6 Å². The normalized spacial score (nSPS) is 11.2. The maximum absolute atomic E-state index is 12.6. The molecule has 0 saturated heterocycles. The number of H-pyrrole nitrogens is 1. The van der Waals surface area contributed by atoms with Gasteiger partial charge in [0.2, 0.25) is 0 Å². The monoisotopic (exact) mass is 347 g/mol. The summed E-state index contributed by atoms with van der Waals surface area (Å²) in [6, 6.07) is 9.48. The number of carbonyl (C=O) groups excluding carboxylic acids is 1. The lowest BCUT2D eigenvalue weighted by Gasteiger charge is -2.06. The van der Waals surface area contributed by atoms with Gasteiger partial charge >= 0.3 is 0 Å². The number of benzene rings is 1. The van der Waals surface area contributed by atoms with Crippen LogP contribution in [0.3, 0.4) is 0 Å². The third-order valence-corrected chi connectivity index (χ3v) is 4.35. The van der Waals surface area contributed by atoms with E-state index in [2.05, 4.69) is 20.3 Å². The first kappa shape index (κ1) is 16.0. The second-order valence-corrected chi connectivity index (χ2v) is 6.20. The number of aryl methyl sites for hydroxylation is 2. The van der Waals surface area contributed by atoms with Crippen molar-refractivity contribution in [2.45, 2.75) is 20.4 Å². The molecule has 1 amide bonds. The molecule has 0 saturated carbocycles. The molecule has 0 spiro atoms. The lowest BCUT2D eigenvalue weighted by molar-refractivity contribution is 0.0948. The summed E-state index contributed by atoms with van der Waals surface area (Å²) in [7, 11) is 0. The van der Waals surface area contributed by atoms with Crippen LogP contribution in [0.2, 0.25) is 0 Å². The Morgan fingerprint density at radius 2 is 2.00 bits per heavy atom. The maximum atomic E-state index is 12.6. The highest BCUT2D eigenvalue weighted by atomic mass is 16.2. The van der Waals surface area contributed by atoms with Crippen LogP contribution < -0.4 is 10.9 Å². The van der Waals surface area contributed by atoms with E-state index in [0.717, 1.165) is 22.2 Å². The highest BCUT2D eigenvalue weighted by Crippen LogP contribution is 2.15. The van der Waals surface area contributed by atoms with Gasteiger partial charge in [-0.05, 0) is 37.1 Å². The summed E-state index contributed by atoms with van der Waals surface area (Å²) in [6.45, 7) is 4.04. The Morgan fingerprint density at radius 3 is 2.81 bits per heavy atom. The molecule has 0 radical (unpaired) electrons. The topological polar surface area (TPSA) is 92.1 Å². The number of para-hydroxylation sites is 1. The Hall–Kier alpha value is -3.48. The quantitative estimate of drug-likeness (QED) is 0.594. The fourth-order valence-electron chi connectivity index (χ4n) is 2.97. The number of aromatic nitrogens is 4. The molecule has 130 valence electrons. The minimum atomic E-state index is -0.476. The molecule has 0 aliphatic carbocycles. The van der Waals surface area contributed by atoms with E-state index in [4.69, 9.17) is 0 Å². The van der Waals surface area contributed by atoms with Crippen molar-refractivity contribution in [3.63, 3.8) is 0 Å². The minimum Gasteiger partial charge on any atom is -0.345 e. The van der Waals surface area contributed by atoms with Crippen molar-refractivity contribution in [1.82, 2.24) is 24.7 Å². The van der Waals surface area contributed by atoms with E-state index in [1.807, 2.05) is 38.1 Å². The molecule has 7 heteroatoms. The zero-order valence-corrected chi connectivity index (χ0v) is 14.4. The molecule has 3 aromatic heterocycles. The highest BCUT2D eigenvalue weighted by Gasteiger charge is 2.14. The zero-order valence-electron chi connectivity index (χ0n) is 14.4. The van der Waals surface area contributed by atoms with Crippen LogP contribution in [0.15, 0.2) is 47.5 Å². The van der Waals surface area contributed by atoms with E-state index >= 15 is 0 Å². The number of hydrogen-bond donors (Lipinski definition) is 2. The van der Waals surface area contributed by atoms with Gasteiger partial charge in [-0.1, -0.05) is 18.2 Å². The summed E-state index contributed by atoms with van der Waals surface area (Å²) in [5.74, 6) is 0.155. The minimum absolute atomic E-state index is 0.000363. The van der Waals surface area contributed by atoms with Gasteiger partial charge in [-0.15, -0.1) is 0 Å². The predicted molar refractivity (Wildman–Crippen MR) is 98.2 cm³/mol. The van der Waals surface area contributed by atoms with Crippen molar-refractivity contribution in [2.75, 3.05) is 0 Å². The number of imidazole rings is 1. The van der Waals surface area contributed by atoms with Gasteiger partial charge < -0.3 is 10.3 Å². The summed E-state index contributed by atoms with van der Waals surface area (Å²) in [6.07, 6.45) is 2.93. The Labute approximate surface area is 148 Å². The van der Waals surface area contributed by atoms with Crippen LogP contribution in [-0.4, -0.2) is 25.3 Å². The van der Waals surface area contributed by atoms with Crippen molar-refractivity contribution >= 4 is 22.6 Å². The van der Waals surface area contributed by atoms with Gasteiger partial charge in [-0.2, -0.15) is 0 Å². The average Bonchev–Trinajstić information content (AvgIpc) is 3.05. The number of nitrogens with one attached hydrogen (secondary N) is 2. The van der Waals surface area contributed by atoms with Crippen molar-refractivity contribution in [1.29, 1.82) is 0 Å². The van der Waals surface area contributed by atoms with E-state index in [0.29, 0.717) is 11.5 Å². The number of rotatable bonds is 3. The molecular weight excluding hydrogens is 330 g/mol. The Kier molecular flexibility index (Phi) is 3.76. The Balaban J connectivity index is 1.60. The van der Waals surface area contributed by atoms with E-state index in [-0.39, 0.29) is 12.1 Å². The molecule has 0 bridgehead atoms. The third-order valence-electron chi connectivity index (χ3n) is 4.35. The first-order valence-electron chi connectivity index (χ1n) is 8.24. The van der Waals surface area contributed by atoms with Crippen LogP contribution >= 0.6 is 0 Å². The molecule has 0 atom stereocenters. The maximum Gasteiger partial charge on any atom is 0.270 e. The molecule has 3 heterocycles. The highest BCUT2D eigenvalue weighted by molar-refractivity contribution is 5.93. The number of nitrogens with zero attached hydrogens (tertiary/aromatic N) is 3. The summed E-state index contributed by atoms with van der Waals surface area (Å²) < 4.78 is 1.38. The SMILES string of the molecule is Cc1cccc2[nH]c(CNC(=O)c3cnc4c(C)cccn4c3=O)nc12. The molecule has 0 unspecified atom stereocenters. The van der Waals surface area contributed by atoms with Gasteiger partial charge in [0.25, 0.3) is 11.5 Å². The van der Waals surface area contributed by atoms with Crippen molar-refractivity contribution < 1.29 is 4.79 Å². The van der Waals surface area contributed by atoms with Crippen LogP contribution in [0.1, 0.15) is 27.3 Å². The summed E-state index contributed by atoms with van der Waals surface area (Å²) in [4.78, 5) is 36.9. The number of pyridine rings is 1. The predicted octanol–water partition coefficient (Wildman–Crippen LogP) is 2.12. The van der Waals surface area contributed by atoms with E-state index in [1.54, 1.807) is 12.3 Å². The van der Waals surface area contributed by atoms with Gasteiger partial charge in [-0.3, -0.25) is 14.0 Å². The lowest BCUT2D eigenvalue weighted by Crippen LogP contribution is -2.31. The first-order chi connectivity index (χ1) is 12.5. The molecule has 7 nitrogen and oxygen atoms in total. The number of fused-ring (bicyclic) bond motifs is 2. The van der Waals surface area contributed by atoms with Crippen molar-refractivity contribution in [3.8, 4) is 0 Å². The molecule has 0 aliphatic rings. The van der Waals surface area contributed by atoms with Crippen LogP contribution in [-0.2, 0) is 6.54 Å². The largest absolute Gasteiger partial charge is 0.345 e. The fraction of sp³-hybridized carbons (Fsp3) is 0.158. The Morgan fingerprint density at radius 1 is 1.19 bits per heavy atom. The first-order valence-corrected chi connectivity index (χ1v) is 8.24. The molecule has 2 N–H and O–H groups in total. The Bertz CT molecular complexity index is 1210.